The highest BCUT2D eigenvalue weighted by Gasteiger charge is 2.25. The van der Waals surface area contributed by atoms with Crippen LogP contribution in [0.5, 0.6) is 0 Å². The molecule has 7 nitrogen and oxygen atoms in total. The fraction of sp³-hybridized carbons (Fsp3) is 0.455. The molecule has 2 aliphatic rings. The zero-order chi connectivity index (χ0) is 21.8. The number of hydrogen-bond donors (Lipinski definition) is 2. The molecule has 2 fully saturated rings. The van der Waals surface area contributed by atoms with Gasteiger partial charge < -0.3 is 10.6 Å². The van der Waals surface area contributed by atoms with E-state index in [2.05, 4.69) is 15.6 Å². The summed E-state index contributed by atoms with van der Waals surface area (Å²) in [7, 11) is 0. The van der Waals surface area contributed by atoms with Crippen LogP contribution in [-0.4, -0.2) is 29.3 Å². The number of anilines is 3. The van der Waals surface area contributed by atoms with E-state index in [0.717, 1.165) is 38.5 Å². The zero-order valence-electron chi connectivity index (χ0n) is 17.2. The van der Waals surface area contributed by atoms with E-state index in [9.17, 15) is 18.8 Å². The summed E-state index contributed by atoms with van der Waals surface area (Å²) in [6, 6.07) is 4.12. The van der Waals surface area contributed by atoms with E-state index in [1.807, 2.05) is 0 Å². The Morgan fingerprint density at radius 1 is 1.16 bits per heavy atom. The Balaban J connectivity index is 1.36. The molecule has 4 rings (SSSR count). The smallest absolute Gasteiger partial charge is 0.230 e. The third kappa shape index (κ3) is 5.28. The molecule has 1 aromatic heterocycles. The standard InChI is InChI=1S/C22H25FN4O3S/c23-17-9-8-15(11-18(17)26-21(30)14-5-2-1-3-6-14)24-19(28)12-16-13-31-22(25-16)27-10-4-7-20(27)29/h8-9,11,13-14H,1-7,10,12H2,(H,24,28)(H,26,30). The van der Waals surface area contributed by atoms with Crippen LogP contribution < -0.4 is 15.5 Å². The van der Waals surface area contributed by atoms with Crippen molar-refractivity contribution in [2.24, 2.45) is 5.92 Å². The second kappa shape index (κ2) is 9.55. The average molecular weight is 445 g/mol. The molecule has 0 spiro atoms. The second-order valence-electron chi connectivity index (χ2n) is 8.01. The lowest BCUT2D eigenvalue weighted by atomic mass is 9.88. The molecule has 0 radical (unpaired) electrons. The van der Waals surface area contributed by atoms with Crippen molar-refractivity contribution in [2.75, 3.05) is 22.1 Å². The summed E-state index contributed by atoms with van der Waals surface area (Å²) in [6.07, 6.45) is 6.19. The fourth-order valence-electron chi connectivity index (χ4n) is 4.02. The fourth-order valence-corrected chi connectivity index (χ4v) is 4.89. The number of benzene rings is 1. The monoisotopic (exact) mass is 444 g/mol. The first-order chi connectivity index (χ1) is 15.0. The van der Waals surface area contributed by atoms with E-state index in [-0.39, 0.29) is 35.7 Å². The van der Waals surface area contributed by atoms with Crippen molar-refractivity contribution in [2.45, 2.75) is 51.4 Å². The molecule has 0 atom stereocenters. The van der Waals surface area contributed by atoms with Crippen LogP contribution in [0.4, 0.5) is 20.9 Å². The number of halogens is 1. The minimum absolute atomic E-state index is 0.0413. The Hall–Kier alpha value is -2.81. The number of thiazole rings is 1. The molecule has 164 valence electrons. The average Bonchev–Trinajstić information content (AvgIpc) is 3.39. The van der Waals surface area contributed by atoms with Gasteiger partial charge in [0.1, 0.15) is 5.82 Å². The SMILES string of the molecule is O=C(Cc1csc(N2CCCC2=O)n1)Nc1ccc(F)c(NC(=O)C2CCCCC2)c1. The molecular weight excluding hydrogens is 419 g/mol. The molecule has 1 aliphatic heterocycles. The molecule has 2 N–H and O–H groups in total. The summed E-state index contributed by atoms with van der Waals surface area (Å²) in [5.41, 5.74) is 1.04. The number of amides is 3. The number of rotatable bonds is 6. The third-order valence-corrected chi connectivity index (χ3v) is 6.58. The number of hydrogen-bond acceptors (Lipinski definition) is 5. The summed E-state index contributed by atoms with van der Waals surface area (Å²) < 4.78 is 14.2. The van der Waals surface area contributed by atoms with Crippen LogP contribution in [0.3, 0.4) is 0 Å². The number of nitrogens with zero attached hydrogens (tertiary/aromatic N) is 2. The number of nitrogens with one attached hydrogen (secondary N) is 2. The Bertz CT molecular complexity index is 987. The van der Waals surface area contributed by atoms with Gasteiger partial charge in [0.15, 0.2) is 5.13 Å². The molecule has 0 unspecified atom stereocenters. The van der Waals surface area contributed by atoms with Gasteiger partial charge in [-0.3, -0.25) is 19.3 Å². The van der Waals surface area contributed by atoms with Crippen molar-refractivity contribution < 1.29 is 18.8 Å². The molecule has 1 aliphatic carbocycles. The highest BCUT2D eigenvalue weighted by Crippen LogP contribution is 2.27. The van der Waals surface area contributed by atoms with Gasteiger partial charge in [0.25, 0.3) is 0 Å². The van der Waals surface area contributed by atoms with E-state index in [4.69, 9.17) is 0 Å². The van der Waals surface area contributed by atoms with Crippen molar-refractivity contribution in [1.29, 1.82) is 0 Å². The van der Waals surface area contributed by atoms with Gasteiger partial charge in [0.2, 0.25) is 17.7 Å². The van der Waals surface area contributed by atoms with Crippen LogP contribution >= 0.6 is 11.3 Å². The van der Waals surface area contributed by atoms with Gasteiger partial charge in [0, 0.05) is 30.0 Å². The molecule has 1 saturated carbocycles. The van der Waals surface area contributed by atoms with E-state index in [0.29, 0.717) is 29.5 Å². The molecular formula is C22H25FN4O3S. The summed E-state index contributed by atoms with van der Waals surface area (Å²) in [5, 5.41) is 7.77. The molecule has 31 heavy (non-hydrogen) atoms. The normalized spacial score (nSPS) is 17.1. The van der Waals surface area contributed by atoms with Crippen LogP contribution in [0.2, 0.25) is 0 Å². The highest BCUT2D eigenvalue weighted by molar-refractivity contribution is 7.14. The molecule has 0 bridgehead atoms. The van der Waals surface area contributed by atoms with Crippen molar-refractivity contribution in [3.8, 4) is 0 Å². The molecule has 9 heteroatoms. The van der Waals surface area contributed by atoms with Crippen molar-refractivity contribution in [3.05, 3.63) is 35.1 Å². The molecule has 1 saturated heterocycles. The van der Waals surface area contributed by atoms with Gasteiger partial charge in [-0.1, -0.05) is 19.3 Å². The Labute approximate surface area is 184 Å². The van der Waals surface area contributed by atoms with Gasteiger partial charge in [-0.05, 0) is 37.5 Å². The van der Waals surface area contributed by atoms with Gasteiger partial charge >= 0.3 is 0 Å². The van der Waals surface area contributed by atoms with Gasteiger partial charge in [-0.25, -0.2) is 9.37 Å². The van der Waals surface area contributed by atoms with Crippen LogP contribution in [0.15, 0.2) is 23.6 Å². The quantitative estimate of drug-likeness (QED) is 0.702. The van der Waals surface area contributed by atoms with Crippen LogP contribution in [-0.2, 0) is 20.8 Å². The maximum Gasteiger partial charge on any atom is 0.230 e. The molecule has 2 aromatic rings. The summed E-state index contributed by atoms with van der Waals surface area (Å²) in [5.74, 6) is -1.05. The van der Waals surface area contributed by atoms with Crippen molar-refractivity contribution in [3.63, 3.8) is 0 Å². The first kappa shape index (κ1) is 21.4. The predicted molar refractivity (Wildman–Crippen MR) is 118 cm³/mol. The van der Waals surface area contributed by atoms with E-state index < -0.39 is 5.82 Å². The molecule has 1 aromatic carbocycles. The van der Waals surface area contributed by atoms with Gasteiger partial charge in [-0.15, -0.1) is 11.3 Å². The predicted octanol–water partition coefficient (Wildman–Crippen LogP) is 4.11. The van der Waals surface area contributed by atoms with Crippen LogP contribution in [0.25, 0.3) is 0 Å². The van der Waals surface area contributed by atoms with E-state index in [1.165, 1.54) is 29.5 Å². The van der Waals surface area contributed by atoms with E-state index in [1.54, 1.807) is 10.3 Å². The van der Waals surface area contributed by atoms with Gasteiger partial charge in [0.05, 0.1) is 17.8 Å². The van der Waals surface area contributed by atoms with Crippen LogP contribution in [0, 0.1) is 11.7 Å². The maximum absolute atomic E-state index is 14.2. The lowest BCUT2D eigenvalue weighted by Gasteiger charge is -2.21. The van der Waals surface area contributed by atoms with Crippen molar-refractivity contribution >= 4 is 45.6 Å². The lowest BCUT2D eigenvalue weighted by molar-refractivity contribution is -0.121. The van der Waals surface area contributed by atoms with E-state index >= 15 is 0 Å². The largest absolute Gasteiger partial charge is 0.326 e. The summed E-state index contributed by atoms with van der Waals surface area (Å²) in [6.45, 7) is 0.656. The second-order valence-corrected chi connectivity index (χ2v) is 8.85. The number of carbonyl (C=O) groups is 3. The minimum Gasteiger partial charge on any atom is -0.326 e. The van der Waals surface area contributed by atoms with Crippen LogP contribution in [0.1, 0.15) is 50.6 Å². The Morgan fingerprint density at radius 3 is 2.71 bits per heavy atom. The van der Waals surface area contributed by atoms with Crippen molar-refractivity contribution in [1.82, 2.24) is 4.98 Å². The first-order valence-corrected chi connectivity index (χ1v) is 11.5. The maximum atomic E-state index is 14.2. The summed E-state index contributed by atoms with van der Waals surface area (Å²) >= 11 is 1.34. The topological polar surface area (TPSA) is 91.4 Å². The number of carbonyl (C=O) groups excluding carboxylic acids is 3. The Kier molecular flexibility index (Phi) is 6.60. The lowest BCUT2D eigenvalue weighted by Crippen LogP contribution is -2.25. The molecule has 2 heterocycles. The molecule has 3 amide bonds. The first-order valence-electron chi connectivity index (χ1n) is 10.6. The summed E-state index contributed by atoms with van der Waals surface area (Å²) in [4.78, 5) is 42.7. The van der Waals surface area contributed by atoms with Gasteiger partial charge in [-0.2, -0.15) is 0 Å². The number of aromatic nitrogens is 1. The zero-order valence-corrected chi connectivity index (χ0v) is 18.0. The highest BCUT2D eigenvalue weighted by atomic mass is 32.1. The Morgan fingerprint density at radius 2 is 1.97 bits per heavy atom. The minimum atomic E-state index is -0.540. The third-order valence-electron chi connectivity index (χ3n) is 5.67.